The van der Waals surface area contributed by atoms with Crippen LogP contribution in [0.5, 0.6) is 5.75 Å². The summed E-state index contributed by atoms with van der Waals surface area (Å²) in [6, 6.07) is 7.69. The maximum absolute atomic E-state index is 12.7. The van der Waals surface area contributed by atoms with Gasteiger partial charge in [0, 0.05) is 19.7 Å². The zero-order valence-corrected chi connectivity index (χ0v) is 16.1. The van der Waals surface area contributed by atoms with E-state index in [1.165, 1.54) is 0 Å². The van der Waals surface area contributed by atoms with Crippen molar-refractivity contribution in [1.29, 1.82) is 0 Å². The zero-order valence-electron chi connectivity index (χ0n) is 16.1. The van der Waals surface area contributed by atoms with Gasteiger partial charge in [0.25, 0.3) is 0 Å². The predicted octanol–water partition coefficient (Wildman–Crippen LogP) is 2.74. The molecule has 0 radical (unpaired) electrons. The summed E-state index contributed by atoms with van der Waals surface area (Å²) in [5, 5.41) is 9.34. The number of carboxylic acid groups (broad SMARTS) is 1. The van der Waals surface area contributed by atoms with Gasteiger partial charge in [0.15, 0.2) is 0 Å². The second-order valence-electron chi connectivity index (χ2n) is 7.78. The summed E-state index contributed by atoms with van der Waals surface area (Å²) in [6.07, 6.45) is 2.45. The van der Waals surface area contributed by atoms with Crippen LogP contribution in [0.1, 0.15) is 38.7 Å². The van der Waals surface area contributed by atoms with E-state index in [4.69, 9.17) is 9.47 Å². The van der Waals surface area contributed by atoms with Crippen LogP contribution in [0.3, 0.4) is 0 Å². The molecule has 0 saturated carbocycles. The van der Waals surface area contributed by atoms with E-state index in [-0.39, 0.29) is 24.0 Å². The standard InChI is InChI=1S/C21H29NO5/c1-14(2)27-17-5-3-4-15(12-17)13-19(23)22-9-6-16(7-10-22)20-18(21(24)25)8-11-26-20/h3-5,12,14,16,18,20H,6-11,13H2,1-2H3,(H,24,25)/t18?,20-/m0/s1. The molecule has 1 amide bonds. The Morgan fingerprint density at radius 1 is 1.26 bits per heavy atom. The average molecular weight is 375 g/mol. The van der Waals surface area contributed by atoms with Gasteiger partial charge in [-0.3, -0.25) is 9.59 Å². The predicted molar refractivity (Wildman–Crippen MR) is 101 cm³/mol. The number of hydrogen-bond acceptors (Lipinski definition) is 4. The lowest BCUT2D eigenvalue weighted by Crippen LogP contribution is -2.43. The molecule has 2 aliphatic heterocycles. The van der Waals surface area contributed by atoms with Gasteiger partial charge in [0.05, 0.1) is 24.5 Å². The highest BCUT2D eigenvalue weighted by atomic mass is 16.5. The number of likely N-dealkylation sites (tertiary alicyclic amines) is 1. The van der Waals surface area contributed by atoms with E-state index in [0.717, 1.165) is 24.2 Å². The number of amides is 1. The van der Waals surface area contributed by atoms with E-state index < -0.39 is 11.9 Å². The average Bonchev–Trinajstić information content (AvgIpc) is 3.11. The van der Waals surface area contributed by atoms with Gasteiger partial charge in [-0.25, -0.2) is 0 Å². The van der Waals surface area contributed by atoms with Crippen molar-refractivity contribution in [2.24, 2.45) is 11.8 Å². The van der Waals surface area contributed by atoms with E-state index in [0.29, 0.717) is 32.5 Å². The van der Waals surface area contributed by atoms with Crippen molar-refractivity contribution in [3.8, 4) is 5.75 Å². The molecule has 0 bridgehead atoms. The molecule has 1 aromatic carbocycles. The van der Waals surface area contributed by atoms with Gasteiger partial charge in [0.2, 0.25) is 5.91 Å². The van der Waals surface area contributed by atoms with E-state index in [1.54, 1.807) is 0 Å². The largest absolute Gasteiger partial charge is 0.491 e. The highest BCUT2D eigenvalue weighted by molar-refractivity contribution is 5.79. The van der Waals surface area contributed by atoms with Crippen molar-refractivity contribution in [3.63, 3.8) is 0 Å². The molecule has 2 aliphatic rings. The summed E-state index contributed by atoms with van der Waals surface area (Å²) in [4.78, 5) is 25.9. The van der Waals surface area contributed by atoms with Crippen LogP contribution in [0, 0.1) is 11.8 Å². The molecule has 3 rings (SSSR count). The van der Waals surface area contributed by atoms with Crippen molar-refractivity contribution >= 4 is 11.9 Å². The van der Waals surface area contributed by atoms with Crippen LogP contribution in [-0.2, 0) is 20.7 Å². The summed E-state index contributed by atoms with van der Waals surface area (Å²) in [5.74, 6) is -0.0507. The first-order chi connectivity index (χ1) is 12.9. The van der Waals surface area contributed by atoms with Gasteiger partial charge in [0.1, 0.15) is 5.75 Å². The fourth-order valence-corrected chi connectivity index (χ4v) is 4.10. The minimum Gasteiger partial charge on any atom is -0.491 e. The summed E-state index contributed by atoms with van der Waals surface area (Å²) in [6.45, 7) is 5.81. The molecule has 0 spiro atoms. The monoisotopic (exact) mass is 375 g/mol. The molecule has 27 heavy (non-hydrogen) atoms. The van der Waals surface area contributed by atoms with Gasteiger partial charge in [-0.15, -0.1) is 0 Å². The number of hydrogen-bond donors (Lipinski definition) is 1. The SMILES string of the molecule is CC(C)Oc1cccc(CC(=O)N2CCC([C@@H]3OCCC3C(=O)O)CC2)c1. The Bertz CT molecular complexity index is 666. The summed E-state index contributed by atoms with van der Waals surface area (Å²) in [5.41, 5.74) is 0.949. The lowest BCUT2D eigenvalue weighted by Gasteiger charge is -2.35. The highest BCUT2D eigenvalue weighted by Gasteiger charge is 2.40. The third-order valence-corrected chi connectivity index (χ3v) is 5.44. The Kier molecular flexibility index (Phi) is 6.37. The van der Waals surface area contributed by atoms with E-state index in [2.05, 4.69) is 0 Å². The van der Waals surface area contributed by atoms with Crippen LogP contribution in [0.25, 0.3) is 0 Å². The lowest BCUT2D eigenvalue weighted by atomic mass is 9.84. The molecule has 2 saturated heterocycles. The Morgan fingerprint density at radius 2 is 2.00 bits per heavy atom. The number of piperidine rings is 1. The number of carbonyl (C=O) groups excluding carboxylic acids is 1. The fourth-order valence-electron chi connectivity index (χ4n) is 4.10. The fraction of sp³-hybridized carbons (Fsp3) is 0.619. The summed E-state index contributed by atoms with van der Waals surface area (Å²) < 4.78 is 11.4. The summed E-state index contributed by atoms with van der Waals surface area (Å²) in [7, 11) is 0. The molecular weight excluding hydrogens is 346 g/mol. The third-order valence-electron chi connectivity index (χ3n) is 5.44. The molecule has 0 aromatic heterocycles. The van der Waals surface area contributed by atoms with Crippen LogP contribution >= 0.6 is 0 Å². The normalized spacial score (nSPS) is 23.6. The molecule has 2 fully saturated rings. The second-order valence-corrected chi connectivity index (χ2v) is 7.78. The quantitative estimate of drug-likeness (QED) is 0.827. The number of aliphatic carboxylic acids is 1. The van der Waals surface area contributed by atoms with E-state index in [1.807, 2.05) is 43.0 Å². The van der Waals surface area contributed by atoms with Crippen molar-refractivity contribution in [2.45, 2.75) is 51.7 Å². The minimum absolute atomic E-state index is 0.0995. The lowest BCUT2D eigenvalue weighted by molar-refractivity contribution is -0.145. The number of carbonyl (C=O) groups is 2. The first-order valence-electron chi connectivity index (χ1n) is 9.82. The molecule has 6 heteroatoms. The molecule has 2 atom stereocenters. The van der Waals surface area contributed by atoms with Crippen molar-refractivity contribution in [2.75, 3.05) is 19.7 Å². The van der Waals surface area contributed by atoms with Gasteiger partial charge in [-0.1, -0.05) is 12.1 Å². The van der Waals surface area contributed by atoms with E-state index in [9.17, 15) is 14.7 Å². The number of carboxylic acids is 1. The molecule has 2 heterocycles. The highest BCUT2D eigenvalue weighted by Crippen LogP contribution is 2.33. The van der Waals surface area contributed by atoms with Gasteiger partial charge in [-0.05, 0) is 56.7 Å². The molecule has 1 unspecified atom stereocenters. The first-order valence-corrected chi connectivity index (χ1v) is 9.82. The third kappa shape index (κ3) is 5.01. The molecule has 0 aliphatic carbocycles. The topological polar surface area (TPSA) is 76.1 Å². The molecular formula is C21H29NO5. The first kappa shape index (κ1) is 19.7. The van der Waals surface area contributed by atoms with Crippen LogP contribution in [0.4, 0.5) is 0 Å². The van der Waals surface area contributed by atoms with Gasteiger partial charge in [-0.2, -0.15) is 0 Å². The van der Waals surface area contributed by atoms with Gasteiger partial charge >= 0.3 is 5.97 Å². The molecule has 1 aromatic rings. The molecule has 1 N–H and O–H groups in total. The molecule has 6 nitrogen and oxygen atoms in total. The number of ether oxygens (including phenoxy) is 2. The summed E-state index contributed by atoms with van der Waals surface area (Å²) >= 11 is 0. The van der Waals surface area contributed by atoms with E-state index >= 15 is 0 Å². The number of benzene rings is 1. The smallest absolute Gasteiger partial charge is 0.309 e. The maximum Gasteiger partial charge on any atom is 0.309 e. The van der Waals surface area contributed by atoms with Gasteiger partial charge < -0.3 is 19.5 Å². The zero-order chi connectivity index (χ0) is 19.4. The van der Waals surface area contributed by atoms with Crippen LogP contribution in [0.15, 0.2) is 24.3 Å². The van der Waals surface area contributed by atoms with Crippen LogP contribution < -0.4 is 4.74 Å². The maximum atomic E-state index is 12.7. The van der Waals surface area contributed by atoms with Crippen molar-refractivity contribution in [3.05, 3.63) is 29.8 Å². The van der Waals surface area contributed by atoms with Crippen molar-refractivity contribution < 1.29 is 24.2 Å². The van der Waals surface area contributed by atoms with Crippen LogP contribution in [0.2, 0.25) is 0 Å². The minimum atomic E-state index is -0.764. The Labute approximate surface area is 160 Å². The van der Waals surface area contributed by atoms with Crippen molar-refractivity contribution in [1.82, 2.24) is 4.90 Å². The second kappa shape index (κ2) is 8.74. The number of rotatable bonds is 6. The Hall–Kier alpha value is -2.08. The Balaban J connectivity index is 1.52. The Morgan fingerprint density at radius 3 is 2.67 bits per heavy atom. The number of nitrogens with zero attached hydrogens (tertiary/aromatic N) is 1. The molecule has 148 valence electrons. The van der Waals surface area contributed by atoms with Crippen LogP contribution in [-0.4, -0.2) is 53.8 Å².